The van der Waals surface area contributed by atoms with Crippen LogP contribution < -0.4 is 5.32 Å². The first-order valence-electron chi connectivity index (χ1n) is 7.12. The Morgan fingerprint density at radius 3 is 2.31 bits per heavy atom. The fraction of sp³-hybridized carbons (Fsp3) is 1.00. The zero-order valence-corrected chi connectivity index (χ0v) is 11.6. The molecule has 0 aromatic heterocycles. The Morgan fingerprint density at radius 1 is 1.19 bits per heavy atom. The largest absolute Gasteiger partial charge is 0.317 e. The smallest absolute Gasteiger partial charge is 0.00979 e. The minimum absolute atomic E-state index is 0.632. The van der Waals surface area contributed by atoms with Crippen LogP contribution in [0.2, 0.25) is 0 Å². The molecule has 0 amide bonds. The highest BCUT2D eigenvalue weighted by molar-refractivity contribution is 4.80. The third kappa shape index (κ3) is 4.06. The summed E-state index contributed by atoms with van der Waals surface area (Å²) in [6, 6.07) is 2.21. The van der Waals surface area contributed by atoms with E-state index in [1.807, 2.05) is 0 Å². The fourth-order valence-corrected chi connectivity index (χ4v) is 3.11. The van der Waals surface area contributed by atoms with Crippen LogP contribution in [-0.4, -0.2) is 36.6 Å². The molecule has 1 aliphatic carbocycles. The third-order valence-electron chi connectivity index (χ3n) is 4.16. The Kier molecular flexibility index (Phi) is 6.37. The summed E-state index contributed by atoms with van der Waals surface area (Å²) in [7, 11) is 2.06. The molecule has 0 bridgehead atoms. The lowest BCUT2D eigenvalue weighted by molar-refractivity contribution is 0.109. The second-order valence-corrected chi connectivity index (χ2v) is 5.40. The van der Waals surface area contributed by atoms with Gasteiger partial charge in [-0.05, 0) is 46.7 Å². The Labute approximate surface area is 102 Å². The second kappa shape index (κ2) is 7.29. The van der Waals surface area contributed by atoms with Gasteiger partial charge in [0.2, 0.25) is 0 Å². The highest BCUT2D eigenvalue weighted by Gasteiger charge is 2.24. The van der Waals surface area contributed by atoms with Crippen LogP contribution in [0.3, 0.4) is 0 Å². The van der Waals surface area contributed by atoms with Crippen LogP contribution in [0.4, 0.5) is 0 Å². The summed E-state index contributed by atoms with van der Waals surface area (Å²) in [5, 5.41) is 3.35. The van der Waals surface area contributed by atoms with E-state index >= 15 is 0 Å². The molecule has 2 heteroatoms. The second-order valence-electron chi connectivity index (χ2n) is 5.40. The van der Waals surface area contributed by atoms with Crippen molar-refractivity contribution in [3.05, 3.63) is 0 Å². The van der Waals surface area contributed by atoms with Crippen LogP contribution in [0.15, 0.2) is 0 Å². The van der Waals surface area contributed by atoms with E-state index in [4.69, 9.17) is 0 Å². The Bertz CT molecular complexity index is 176. The van der Waals surface area contributed by atoms with Gasteiger partial charge in [-0.3, -0.25) is 4.90 Å². The van der Waals surface area contributed by atoms with Crippen molar-refractivity contribution in [1.82, 2.24) is 10.2 Å². The fourth-order valence-electron chi connectivity index (χ4n) is 3.11. The van der Waals surface area contributed by atoms with Crippen molar-refractivity contribution < 1.29 is 0 Å². The lowest BCUT2D eigenvalue weighted by Gasteiger charge is -2.38. The average molecular weight is 226 g/mol. The van der Waals surface area contributed by atoms with Crippen molar-refractivity contribution >= 4 is 0 Å². The molecule has 2 unspecified atom stereocenters. The zero-order chi connectivity index (χ0) is 12.0. The van der Waals surface area contributed by atoms with Crippen molar-refractivity contribution in [3.63, 3.8) is 0 Å². The van der Waals surface area contributed by atoms with Gasteiger partial charge in [0.15, 0.2) is 0 Å². The monoisotopic (exact) mass is 226 g/mol. The molecule has 96 valence electrons. The van der Waals surface area contributed by atoms with Crippen LogP contribution >= 0.6 is 0 Å². The summed E-state index contributed by atoms with van der Waals surface area (Å²) in [5.41, 5.74) is 0. The molecule has 1 saturated carbocycles. The van der Waals surface area contributed by atoms with E-state index in [1.165, 1.54) is 45.1 Å². The normalized spacial score (nSPS) is 22.3. The van der Waals surface area contributed by atoms with Gasteiger partial charge < -0.3 is 5.32 Å². The predicted molar refractivity (Wildman–Crippen MR) is 71.9 cm³/mol. The van der Waals surface area contributed by atoms with E-state index in [1.54, 1.807) is 0 Å². The molecule has 0 spiro atoms. The lowest BCUT2D eigenvalue weighted by Crippen LogP contribution is -2.45. The number of nitrogens with zero attached hydrogens (tertiary/aromatic N) is 1. The number of hydrogen-bond acceptors (Lipinski definition) is 2. The average Bonchev–Trinajstić information content (AvgIpc) is 2.31. The first-order valence-corrected chi connectivity index (χ1v) is 7.12. The van der Waals surface area contributed by atoms with Crippen LogP contribution in [-0.2, 0) is 0 Å². The van der Waals surface area contributed by atoms with E-state index in [9.17, 15) is 0 Å². The van der Waals surface area contributed by atoms with Gasteiger partial charge in [-0.15, -0.1) is 0 Å². The van der Waals surface area contributed by atoms with Gasteiger partial charge in [-0.1, -0.05) is 26.2 Å². The number of rotatable bonds is 6. The molecule has 1 fully saturated rings. The first-order chi connectivity index (χ1) is 7.69. The lowest BCUT2D eigenvalue weighted by atomic mass is 9.92. The molecule has 0 radical (unpaired) electrons. The highest BCUT2D eigenvalue weighted by Crippen LogP contribution is 2.25. The Hall–Kier alpha value is -0.0800. The van der Waals surface area contributed by atoms with Crippen LogP contribution in [0.25, 0.3) is 0 Å². The third-order valence-corrected chi connectivity index (χ3v) is 4.16. The summed E-state index contributed by atoms with van der Waals surface area (Å²) in [4.78, 5) is 2.73. The molecule has 0 aromatic carbocycles. The summed E-state index contributed by atoms with van der Waals surface area (Å²) in [6.45, 7) is 8.20. The van der Waals surface area contributed by atoms with Crippen molar-refractivity contribution in [2.24, 2.45) is 0 Å². The molecule has 0 saturated heterocycles. The molecule has 0 aromatic rings. The Balaban J connectivity index is 2.44. The van der Waals surface area contributed by atoms with Crippen LogP contribution in [0.1, 0.15) is 59.3 Å². The van der Waals surface area contributed by atoms with Gasteiger partial charge in [0.05, 0.1) is 0 Å². The quantitative estimate of drug-likeness (QED) is 0.749. The van der Waals surface area contributed by atoms with Crippen molar-refractivity contribution in [2.75, 3.05) is 13.6 Å². The van der Waals surface area contributed by atoms with Gasteiger partial charge in [-0.25, -0.2) is 0 Å². The van der Waals surface area contributed by atoms with E-state index in [-0.39, 0.29) is 0 Å². The molecule has 2 atom stereocenters. The summed E-state index contributed by atoms with van der Waals surface area (Å²) in [6.07, 6.45) is 8.44. The van der Waals surface area contributed by atoms with E-state index in [2.05, 4.69) is 38.0 Å². The van der Waals surface area contributed by atoms with Crippen LogP contribution in [0.5, 0.6) is 0 Å². The molecule has 2 nitrogen and oxygen atoms in total. The molecule has 1 rings (SSSR count). The standard InChI is InChI=1S/C14H30N2/c1-5-16(13(3)11-12(2)15-4)14-9-7-6-8-10-14/h12-15H,5-11H2,1-4H3. The first kappa shape index (κ1) is 14.0. The van der Waals surface area contributed by atoms with Gasteiger partial charge in [-0.2, -0.15) is 0 Å². The molecule has 16 heavy (non-hydrogen) atoms. The summed E-state index contributed by atoms with van der Waals surface area (Å²) < 4.78 is 0. The van der Waals surface area contributed by atoms with Gasteiger partial charge in [0, 0.05) is 18.1 Å². The van der Waals surface area contributed by atoms with Gasteiger partial charge >= 0.3 is 0 Å². The van der Waals surface area contributed by atoms with Gasteiger partial charge in [0.1, 0.15) is 0 Å². The molecule has 0 aliphatic heterocycles. The SMILES string of the molecule is CCN(C(C)CC(C)NC)C1CCCCC1. The van der Waals surface area contributed by atoms with Crippen molar-refractivity contribution in [3.8, 4) is 0 Å². The minimum Gasteiger partial charge on any atom is -0.317 e. The molecule has 1 N–H and O–H groups in total. The number of hydrogen-bond donors (Lipinski definition) is 1. The minimum atomic E-state index is 0.632. The Morgan fingerprint density at radius 2 is 1.81 bits per heavy atom. The highest BCUT2D eigenvalue weighted by atomic mass is 15.2. The van der Waals surface area contributed by atoms with E-state index in [0.717, 1.165) is 12.1 Å². The maximum atomic E-state index is 3.35. The molecule has 1 aliphatic rings. The van der Waals surface area contributed by atoms with E-state index in [0.29, 0.717) is 6.04 Å². The van der Waals surface area contributed by atoms with E-state index < -0.39 is 0 Å². The van der Waals surface area contributed by atoms with Crippen molar-refractivity contribution in [2.45, 2.75) is 77.4 Å². The molecular weight excluding hydrogens is 196 g/mol. The topological polar surface area (TPSA) is 15.3 Å². The van der Waals surface area contributed by atoms with Crippen LogP contribution in [0, 0.1) is 0 Å². The molecular formula is C14H30N2. The zero-order valence-electron chi connectivity index (χ0n) is 11.6. The van der Waals surface area contributed by atoms with Gasteiger partial charge in [0.25, 0.3) is 0 Å². The van der Waals surface area contributed by atoms with Crippen molar-refractivity contribution in [1.29, 1.82) is 0 Å². The number of nitrogens with one attached hydrogen (secondary N) is 1. The molecule has 0 heterocycles. The maximum Gasteiger partial charge on any atom is 0.00979 e. The predicted octanol–water partition coefficient (Wildman–Crippen LogP) is 3.03. The summed E-state index contributed by atoms with van der Waals surface area (Å²) in [5.74, 6) is 0. The summed E-state index contributed by atoms with van der Waals surface area (Å²) >= 11 is 0. The maximum absolute atomic E-state index is 3.35.